The first-order chi connectivity index (χ1) is 9.24. The molecular weight excluding hydrogens is 260 g/mol. The number of carbonyl (C=O) groups excluding carboxylic acids is 2. The fourth-order valence-corrected chi connectivity index (χ4v) is 3.12. The number of amides is 2. The summed E-state index contributed by atoms with van der Waals surface area (Å²) in [6.07, 6.45) is 3.87. The van der Waals surface area contributed by atoms with Gasteiger partial charge in [0, 0.05) is 25.0 Å². The standard InChI is InChI=1S/C14H18N2O2S/c17-13(12-2-1-9-19-12)15-11-5-7-16(8-6-11)14(18)10-3-4-10/h1-2,9-11H,3-8H2,(H,15,17). The van der Waals surface area contributed by atoms with Crippen molar-refractivity contribution in [1.29, 1.82) is 0 Å². The van der Waals surface area contributed by atoms with Crippen LogP contribution in [0.2, 0.25) is 0 Å². The molecule has 102 valence electrons. The van der Waals surface area contributed by atoms with Gasteiger partial charge in [-0.2, -0.15) is 0 Å². The minimum absolute atomic E-state index is 0.0157. The van der Waals surface area contributed by atoms with Crippen molar-refractivity contribution in [2.75, 3.05) is 13.1 Å². The molecule has 0 spiro atoms. The summed E-state index contributed by atoms with van der Waals surface area (Å²) in [6.45, 7) is 1.56. The molecule has 1 aliphatic carbocycles. The zero-order valence-corrected chi connectivity index (χ0v) is 11.6. The van der Waals surface area contributed by atoms with Gasteiger partial charge < -0.3 is 10.2 Å². The lowest BCUT2D eigenvalue weighted by Crippen LogP contribution is -2.46. The molecule has 2 amide bonds. The maximum absolute atomic E-state index is 11.9. The van der Waals surface area contributed by atoms with Crippen LogP contribution >= 0.6 is 11.3 Å². The third-order valence-corrected chi connectivity index (χ3v) is 4.68. The number of piperidine rings is 1. The number of nitrogens with zero attached hydrogens (tertiary/aromatic N) is 1. The number of likely N-dealkylation sites (tertiary alicyclic amines) is 1. The second-order valence-electron chi connectivity index (χ2n) is 5.32. The number of carbonyl (C=O) groups is 2. The van der Waals surface area contributed by atoms with Crippen molar-refractivity contribution >= 4 is 23.2 Å². The molecule has 1 saturated heterocycles. The largest absolute Gasteiger partial charge is 0.348 e. The first-order valence-corrected chi connectivity index (χ1v) is 7.75. The van der Waals surface area contributed by atoms with Crippen molar-refractivity contribution < 1.29 is 9.59 Å². The van der Waals surface area contributed by atoms with E-state index in [9.17, 15) is 9.59 Å². The second kappa shape index (κ2) is 5.33. The average molecular weight is 278 g/mol. The van der Waals surface area contributed by atoms with Crippen molar-refractivity contribution in [3.8, 4) is 0 Å². The van der Waals surface area contributed by atoms with Gasteiger partial charge in [0.05, 0.1) is 4.88 Å². The maximum atomic E-state index is 11.9. The quantitative estimate of drug-likeness (QED) is 0.917. The Morgan fingerprint density at radius 2 is 1.95 bits per heavy atom. The van der Waals surface area contributed by atoms with E-state index in [0.717, 1.165) is 43.6 Å². The summed E-state index contributed by atoms with van der Waals surface area (Å²) in [4.78, 5) is 26.6. The highest BCUT2D eigenvalue weighted by molar-refractivity contribution is 7.12. The third kappa shape index (κ3) is 2.97. The normalized spacial score (nSPS) is 20.3. The molecule has 0 atom stereocenters. The number of thiophene rings is 1. The van der Waals surface area contributed by atoms with E-state index in [0.29, 0.717) is 11.8 Å². The molecule has 1 aliphatic heterocycles. The smallest absolute Gasteiger partial charge is 0.261 e. The van der Waals surface area contributed by atoms with Gasteiger partial charge in [0.2, 0.25) is 5.91 Å². The molecule has 5 heteroatoms. The van der Waals surface area contributed by atoms with Crippen molar-refractivity contribution in [2.45, 2.75) is 31.7 Å². The molecule has 0 radical (unpaired) electrons. The highest BCUT2D eigenvalue weighted by Gasteiger charge is 2.35. The zero-order chi connectivity index (χ0) is 13.2. The highest BCUT2D eigenvalue weighted by Crippen LogP contribution is 2.31. The summed E-state index contributed by atoms with van der Waals surface area (Å²) in [6, 6.07) is 3.93. The fraction of sp³-hybridized carbons (Fsp3) is 0.571. The van der Waals surface area contributed by atoms with Crippen LogP contribution in [0.4, 0.5) is 0 Å². The van der Waals surface area contributed by atoms with Crippen LogP contribution in [0.3, 0.4) is 0 Å². The van der Waals surface area contributed by atoms with Gasteiger partial charge in [-0.15, -0.1) is 11.3 Å². The van der Waals surface area contributed by atoms with Gasteiger partial charge in [0.1, 0.15) is 0 Å². The van der Waals surface area contributed by atoms with E-state index in [4.69, 9.17) is 0 Å². The molecule has 1 aromatic rings. The Bertz CT molecular complexity index is 460. The maximum Gasteiger partial charge on any atom is 0.261 e. The van der Waals surface area contributed by atoms with Gasteiger partial charge in [-0.25, -0.2) is 0 Å². The van der Waals surface area contributed by atoms with Crippen LogP contribution in [0.25, 0.3) is 0 Å². The topological polar surface area (TPSA) is 49.4 Å². The average Bonchev–Trinajstić information content (AvgIpc) is 3.13. The monoisotopic (exact) mass is 278 g/mol. The molecule has 2 heterocycles. The molecule has 1 saturated carbocycles. The van der Waals surface area contributed by atoms with E-state index < -0.39 is 0 Å². The summed E-state index contributed by atoms with van der Waals surface area (Å²) in [5.74, 6) is 0.641. The van der Waals surface area contributed by atoms with Crippen LogP contribution in [-0.2, 0) is 4.79 Å². The Labute approximate surface area is 116 Å². The van der Waals surface area contributed by atoms with Gasteiger partial charge in [-0.1, -0.05) is 6.07 Å². The van der Waals surface area contributed by atoms with Gasteiger partial charge in [0.15, 0.2) is 0 Å². The fourth-order valence-electron chi connectivity index (χ4n) is 2.50. The first kappa shape index (κ1) is 12.7. The van der Waals surface area contributed by atoms with E-state index in [1.165, 1.54) is 11.3 Å². The first-order valence-electron chi connectivity index (χ1n) is 6.87. The molecule has 2 aliphatic rings. The summed E-state index contributed by atoms with van der Waals surface area (Å²) in [5, 5.41) is 4.97. The minimum atomic E-state index is 0.0157. The SMILES string of the molecule is O=C(NC1CCN(C(=O)C2CC2)CC1)c1cccs1. The van der Waals surface area contributed by atoms with Crippen molar-refractivity contribution in [1.82, 2.24) is 10.2 Å². The Kier molecular flexibility index (Phi) is 3.55. The number of nitrogens with one attached hydrogen (secondary N) is 1. The van der Waals surface area contributed by atoms with E-state index in [-0.39, 0.29) is 11.9 Å². The van der Waals surface area contributed by atoms with Crippen LogP contribution in [0.5, 0.6) is 0 Å². The van der Waals surface area contributed by atoms with Gasteiger partial charge in [-0.05, 0) is 37.1 Å². The Morgan fingerprint density at radius 3 is 2.53 bits per heavy atom. The molecule has 4 nitrogen and oxygen atoms in total. The Hall–Kier alpha value is -1.36. The van der Waals surface area contributed by atoms with Crippen LogP contribution in [0.1, 0.15) is 35.4 Å². The number of rotatable bonds is 3. The van der Waals surface area contributed by atoms with Gasteiger partial charge in [0.25, 0.3) is 5.91 Å². The number of hydrogen-bond acceptors (Lipinski definition) is 3. The molecular formula is C14H18N2O2S. The van der Waals surface area contributed by atoms with Gasteiger partial charge >= 0.3 is 0 Å². The summed E-state index contributed by atoms with van der Waals surface area (Å²) in [5.41, 5.74) is 0. The van der Waals surface area contributed by atoms with Crippen molar-refractivity contribution in [3.63, 3.8) is 0 Å². The molecule has 19 heavy (non-hydrogen) atoms. The molecule has 3 rings (SSSR count). The van der Waals surface area contributed by atoms with Crippen molar-refractivity contribution in [3.05, 3.63) is 22.4 Å². The van der Waals surface area contributed by atoms with E-state index >= 15 is 0 Å². The van der Waals surface area contributed by atoms with Crippen molar-refractivity contribution in [2.24, 2.45) is 5.92 Å². The molecule has 1 aromatic heterocycles. The predicted molar refractivity (Wildman–Crippen MR) is 74.1 cm³/mol. The second-order valence-corrected chi connectivity index (χ2v) is 6.27. The van der Waals surface area contributed by atoms with E-state index in [1.54, 1.807) is 0 Å². The lowest BCUT2D eigenvalue weighted by Gasteiger charge is -2.32. The summed E-state index contributed by atoms with van der Waals surface area (Å²) in [7, 11) is 0. The Balaban J connectivity index is 1.47. The molecule has 0 aromatic carbocycles. The van der Waals surface area contributed by atoms with E-state index in [1.807, 2.05) is 22.4 Å². The molecule has 2 fully saturated rings. The zero-order valence-electron chi connectivity index (χ0n) is 10.8. The van der Waals surface area contributed by atoms with Gasteiger partial charge in [-0.3, -0.25) is 9.59 Å². The predicted octanol–water partition coefficient (Wildman–Crippen LogP) is 1.88. The molecule has 0 unspecified atom stereocenters. The highest BCUT2D eigenvalue weighted by atomic mass is 32.1. The lowest BCUT2D eigenvalue weighted by molar-refractivity contribution is -0.133. The van der Waals surface area contributed by atoms with Crippen LogP contribution in [0.15, 0.2) is 17.5 Å². The lowest BCUT2D eigenvalue weighted by atomic mass is 10.0. The molecule has 0 bridgehead atoms. The van der Waals surface area contributed by atoms with Crippen LogP contribution in [0, 0.1) is 5.92 Å². The summed E-state index contributed by atoms with van der Waals surface area (Å²) < 4.78 is 0. The molecule has 1 N–H and O–H groups in total. The van der Waals surface area contributed by atoms with Crippen LogP contribution in [-0.4, -0.2) is 35.8 Å². The number of hydrogen-bond donors (Lipinski definition) is 1. The van der Waals surface area contributed by atoms with Crippen LogP contribution < -0.4 is 5.32 Å². The minimum Gasteiger partial charge on any atom is -0.348 e. The third-order valence-electron chi connectivity index (χ3n) is 3.81. The van der Waals surface area contributed by atoms with E-state index in [2.05, 4.69) is 5.32 Å². The summed E-state index contributed by atoms with van der Waals surface area (Å²) >= 11 is 1.46. The Morgan fingerprint density at radius 1 is 1.21 bits per heavy atom.